The summed E-state index contributed by atoms with van der Waals surface area (Å²) in [5.41, 5.74) is 5.96. The van der Waals surface area contributed by atoms with E-state index in [1.54, 1.807) is 10.8 Å². The van der Waals surface area contributed by atoms with Crippen LogP contribution in [-0.2, 0) is 13.1 Å². The predicted molar refractivity (Wildman–Crippen MR) is 79.5 cm³/mol. The Kier molecular flexibility index (Phi) is 3.25. The molecule has 0 saturated carbocycles. The number of aromatic nitrogens is 3. The third kappa shape index (κ3) is 2.30. The first-order valence-corrected chi connectivity index (χ1v) is 6.61. The van der Waals surface area contributed by atoms with Gasteiger partial charge in [0.05, 0.1) is 0 Å². The third-order valence-electron chi connectivity index (χ3n) is 3.38. The highest BCUT2D eigenvalue weighted by atomic mass is 16.1. The van der Waals surface area contributed by atoms with Gasteiger partial charge in [0, 0.05) is 30.9 Å². The highest BCUT2D eigenvalue weighted by Gasteiger charge is 2.06. The topological polar surface area (TPSA) is 65.8 Å². The van der Waals surface area contributed by atoms with Gasteiger partial charge in [-0.2, -0.15) is 5.10 Å². The largest absolute Gasteiger partial charge is 0.385 e. The lowest BCUT2D eigenvalue weighted by molar-refractivity contribution is 0.524. The molecule has 5 nitrogen and oxygen atoms in total. The summed E-state index contributed by atoms with van der Waals surface area (Å²) in [6, 6.07) is 11.3. The van der Waals surface area contributed by atoms with Crippen LogP contribution in [0.2, 0.25) is 0 Å². The van der Waals surface area contributed by atoms with Crippen LogP contribution in [0.1, 0.15) is 6.42 Å². The van der Waals surface area contributed by atoms with Crippen LogP contribution < -0.4 is 11.3 Å². The molecule has 0 atom stereocenters. The van der Waals surface area contributed by atoms with Gasteiger partial charge in [0.15, 0.2) is 0 Å². The van der Waals surface area contributed by atoms with Gasteiger partial charge in [-0.1, -0.05) is 18.2 Å². The first kappa shape index (κ1) is 12.5. The van der Waals surface area contributed by atoms with Crippen molar-refractivity contribution in [3.8, 4) is 0 Å². The fourth-order valence-electron chi connectivity index (χ4n) is 2.37. The summed E-state index contributed by atoms with van der Waals surface area (Å²) in [5.74, 6) is 0.508. The van der Waals surface area contributed by atoms with Crippen molar-refractivity contribution in [1.29, 1.82) is 0 Å². The minimum absolute atomic E-state index is 0.0268. The molecule has 0 amide bonds. The van der Waals surface area contributed by atoms with Gasteiger partial charge < -0.3 is 5.73 Å². The van der Waals surface area contributed by atoms with Gasteiger partial charge in [-0.15, -0.1) is 0 Å². The Morgan fingerprint density at radius 1 is 1.15 bits per heavy atom. The standard InChI is InChI=1S/C15H16N4O/c16-14-11-12-5-1-2-6-13(12)15(20)19(14)10-4-9-18-8-3-7-17-18/h1-3,5-8,11H,4,9-10,16H2. The zero-order chi connectivity index (χ0) is 13.9. The molecular weight excluding hydrogens is 252 g/mol. The van der Waals surface area contributed by atoms with Crippen LogP contribution in [0.25, 0.3) is 10.8 Å². The molecule has 0 unspecified atom stereocenters. The molecule has 0 radical (unpaired) electrons. The first-order chi connectivity index (χ1) is 9.75. The Bertz CT molecular complexity index is 774. The van der Waals surface area contributed by atoms with E-state index in [2.05, 4.69) is 5.10 Å². The Hall–Kier alpha value is -2.56. The second-order valence-corrected chi connectivity index (χ2v) is 4.74. The molecule has 0 spiro atoms. The first-order valence-electron chi connectivity index (χ1n) is 6.61. The Balaban J connectivity index is 1.85. The van der Waals surface area contributed by atoms with Crippen molar-refractivity contribution in [2.24, 2.45) is 0 Å². The molecule has 2 N–H and O–H groups in total. The van der Waals surface area contributed by atoms with E-state index in [4.69, 9.17) is 5.73 Å². The number of anilines is 1. The average Bonchev–Trinajstić information content (AvgIpc) is 2.96. The van der Waals surface area contributed by atoms with Gasteiger partial charge in [-0.3, -0.25) is 14.0 Å². The molecule has 2 aromatic heterocycles. The molecule has 0 aliphatic rings. The van der Waals surface area contributed by atoms with Crippen LogP contribution in [-0.4, -0.2) is 14.3 Å². The highest BCUT2D eigenvalue weighted by Crippen LogP contribution is 2.13. The summed E-state index contributed by atoms with van der Waals surface area (Å²) in [6.45, 7) is 1.36. The summed E-state index contributed by atoms with van der Waals surface area (Å²) < 4.78 is 3.48. The predicted octanol–water partition coefficient (Wildman–Crippen LogP) is 1.87. The lowest BCUT2D eigenvalue weighted by atomic mass is 10.1. The van der Waals surface area contributed by atoms with E-state index in [0.29, 0.717) is 17.7 Å². The second-order valence-electron chi connectivity index (χ2n) is 4.74. The third-order valence-corrected chi connectivity index (χ3v) is 3.38. The highest BCUT2D eigenvalue weighted by molar-refractivity contribution is 5.83. The molecule has 0 saturated heterocycles. The van der Waals surface area contributed by atoms with Gasteiger partial charge in [-0.05, 0) is 30.0 Å². The summed E-state index contributed by atoms with van der Waals surface area (Å²) in [4.78, 5) is 12.4. The van der Waals surface area contributed by atoms with Crippen LogP contribution in [0.4, 0.5) is 5.82 Å². The molecule has 102 valence electrons. The zero-order valence-electron chi connectivity index (χ0n) is 11.1. The normalized spacial score (nSPS) is 11.0. The van der Waals surface area contributed by atoms with Crippen molar-refractivity contribution >= 4 is 16.6 Å². The van der Waals surface area contributed by atoms with Crippen molar-refractivity contribution in [3.63, 3.8) is 0 Å². The van der Waals surface area contributed by atoms with E-state index >= 15 is 0 Å². The molecule has 0 fully saturated rings. The molecular formula is C15H16N4O. The van der Waals surface area contributed by atoms with Crippen molar-refractivity contribution < 1.29 is 0 Å². The fourth-order valence-corrected chi connectivity index (χ4v) is 2.37. The van der Waals surface area contributed by atoms with E-state index < -0.39 is 0 Å². The molecule has 3 rings (SSSR count). The molecule has 0 bridgehead atoms. The van der Waals surface area contributed by atoms with Crippen LogP contribution in [0.15, 0.2) is 53.6 Å². The monoisotopic (exact) mass is 268 g/mol. The second kappa shape index (κ2) is 5.21. The lowest BCUT2D eigenvalue weighted by Crippen LogP contribution is -2.23. The van der Waals surface area contributed by atoms with E-state index in [-0.39, 0.29) is 5.56 Å². The van der Waals surface area contributed by atoms with E-state index in [9.17, 15) is 4.79 Å². The minimum atomic E-state index is -0.0268. The maximum absolute atomic E-state index is 12.4. The molecule has 0 aliphatic heterocycles. The van der Waals surface area contributed by atoms with Crippen molar-refractivity contribution in [1.82, 2.24) is 14.3 Å². The quantitative estimate of drug-likeness (QED) is 0.785. The summed E-state index contributed by atoms with van der Waals surface area (Å²) in [5, 5.41) is 5.74. The molecule has 0 aliphatic carbocycles. The van der Waals surface area contributed by atoms with E-state index in [0.717, 1.165) is 18.4 Å². The number of fused-ring (bicyclic) bond motifs is 1. The number of rotatable bonds is 4. The molecule has 1 aromatic carbocycles. The Labute approximate surface area is 116 Å². The van der Waals surface area contributed by atoms with Gasteiger partial charge in [0.25, 0.3) is 5.56 Å². The number of hydrogen-bond donors (Lipinski definition) is 1. The minimum Gasteiger partial charge on any atom is -0.385 e. The number of nitrogens with zero attached hydrogens (tertiary/aromatic N) is 3. The van der Waals surface area contributed by atoms with Gasteiger partial charge in [-0.25, -0.2) is 0 Å². The van der Waals surface area contributed by atoms with Crippen LogP contribution >= 0.6 is 0 Å². The van der Waals surface area contributed by atoms with Crippen LogP contribution in [0.5, 0.6) is 0 Å². The SMILES string of the molecule is Nc1cc2ccccc2c(=O)n1CCCn1cccn1. The van der Waals surface area contributed by atoms with Gasteiger partial charge in [0.2, 0.25) is 0 Å². The Morgan fingerprint density at radius 2 is 2.00 bits per heavy atom. The maximum Gasteiger partial charge on any atom is 0.259 e. The van der Waals surface area contributed by atoms with Gasteiger partial charge in [0.1, 0.15) is 5.82 Å². The number of hydrogen-bond acceptors (Lipinski definition) is 3. The fraction of sp³-hybridized carbons (Fsp3) is 0.200. The average molecular weight is 268 g/mol. The summed E-state index contributed by atoms with van der Waals surface area (Å²) >= 11 is 0. The van der Waals surface area contributed by atoms with Crippen molar-refractivity contribution in [2.75, 3.05) is 5.73 Å². The van der Waals surface area contributed by atoms with E-state index in [1.807, 2.05) is 47.3 Å². The number of nitrogens with two attached hydrogens (primary N) is 1. The summed E-state index contributed by atoms with van der Waals surface area (Å²) in [6.07, 6.45) is 4.47. The lowest BCUT2D eigenvalue weighted by Gasteiger charge is -2.11. The van der Waals surface area contributed by atoms with Crippen molar-refractivity contribution in [3.05, 3.63) is 59.1 Å². The van der Waals surface area contributed by atoms with Crippen molar-refractivity contribution in [2.45, 2.75) is 19.5 Å². The summed E-state index contributed by atoms with van der Waals surface area (Å²) in [7, 11) is 0. The van der Waals surface area contributed by atoms with E-state index in [1.165, 1.54) is 0 Å². The van der Waals surface area contributed by atoms with Gasteiger partial charge >= 0.3 is 0 Å². The molecule has 3 aromatic rings. The zero-order valence-corrected chi connectivity index (χ0v) is 11.1. The number of pyridine rings is 1. The smallest absolute Gasteiger partial charge is 0.259 e. The number of aryl methyl sites for hydroxylation is 1. The maximum atomic E-state index is 12.4. The number of benzene rings is 1. The molecule has 5 heteroatoms. The van der Waals surface area contributed by atoms with Crippen LogP contribution in [0, 0.1) is 0 Å². The molecule has 2 heterocycles. The molecule has 20 heavy (non-hydrogen) atoms. The Morgan fingerprint density at radius 3 is 2.80 bits per heavy atom. The number of nitrogen functional groups attached to an aromatic ring is 1. The van der Waals surface area contributed by atoms with Crippen LogP contribution in [0.3, 0.4) is 0 Å².